The molecule has 4 aromatic rings. The van der Waals surface area contributed by atoms with Crippen LogP contribution in [0, 0.1) is 5.82 Å². The molecule has 0 aliphatic carbocycles. The zero-order valence-corrected chi connectivity index (χ0v) is 14.6. The molecule has 3 nitrogen and oxygen atoms in total. The Balaban J connectivity index is 1.53. The van der Waals surface area contributed by atoms with Gasteiger partial charge in [-0.3, -0.25) is 9.78 Å². The second-order valence-corrected chi connectivity index (χ2v) is 7.00. The van der Waals surface area contributed by atoms with Gasteiger partial charge in [-0.1, -0.05) is 30.3 Å². The Morgan fingerprint density at radius 3 is 2.65 bits per heavy atom. The standard InChI is InChI=1S/C21H15FN2OS/c22-18-7-5-14(6-8-18)11-24-21(25)17-9-16(12-23-13-17)20-10-15-3-1-2-4-19(15)26-20/h1-10,12-13H,11H2,(H,24,25). The molecular weight excluding hydrogens is 347 g/mol. The van der Waals surface area contributed by atoms with E-state index in [1.165, 1.54) is 22.2 Å². The maximum absolute atomic E-state index is 12.9. The van der Waals surface area contributed by atoms with Crippen LogP contribution in [0.15, 0.2) is 73.1 Å². The van der Waals surface area contributed by atoms with E-state index in [1.807, 2.05) is 18.2 Å². The third kappa shape index (κ3) is 3.48. The minimum Gasteiger partial charge on any atom is -0.348 e. The van der Waals surface area contributed by atoms with Gasteiger partial charge in [0.05, 0.1) is 5.56 Å². The van der Waals surface area contributed by atoms with Gasteiger partial charge in [0.1, 0.15) is 5.82 Å². The second kappa shape index (κ2) is 7.06. The molecule has 4 rings (SSSR count). The first-order valence-corrected chi connectivity index (χ1v) is 8.97. The number of thiophene rings is 1. The van der Waals surface area contributed by atoms with E-state index in [4.69, 9.17) is 0 Å². The molecule has 2 heterocycles. The molecule has 128 valence electrons. The molecule has 1 amide bonds. The number of rotatable bonds is 4. The molecule has 5 heteroatoms. The lowest BCUT2D eigenvalue weighted by Crippen LogP contribution is -2.22. The average molecular weight is 362 g/mol. The molecule has 2 aromatic carbocycles. The van der Waals surface area contributed by atoms with Crippen LogP contribution in [0.4, 0.5) is 4.39 Å². The normalized spacial score (nSPS) is 10.8. The van der Waals surface area contributed by atoms with Crippen LogP contribution in [0.25, 0.3) is 20.5 Å². The van der Waals surface area contributed by atoms with E-state index >= 15 is 0 Å². The largest absolute Gasteiger partial charge is 0.348 e. The number of halogens is 1. The van der Waals surface area contributed by atoms with Crippen LogP contribution in [0.2, 0.25) is 0 Å². The van der Waals surface area contributed by atoms with E-state index in [9.17, 15) is 9.18 Å². The van der Waals surface area contributed by atoms with E-state index in [1.54, 1.807) is 35.9 Å². The Morgan fingerprint density at radius 2 is 1.85 bits per heavy atom. The Kier molecular flexibility index (Phi) is 4.46. The Morgan fingerprint density at radius 1 is 1.04 bits per heavy atom. The molecule has 0 aliphatic rings. The number of benzene rings is 2. The van der Waals surface area contributed by atoms with Gasteiger partial charge in [0.2, 0.25) is 0 Å². The monoisotopic (exact) mass is 362 g/mol. The highest BCUT2D eigenvalue weighted by Gasteiger charge is 2.10. The predicted molar refractivity (Wildman–Crippen MR) is 103 cm³/mol. The molecule has 1 N–H and O–H groups in total. The number of nitrogens with one attached hydrogen (secondary N) is 1. The maximum atomic E-state index is 12.9. The summed E-state index contributed by atoms with van der Waals surface area (Å²) in [4.78, 5) is 17.7. The second-order valence-electron chi connectivity index (χ2n) is 5.92. The first kappa shape index (κ1) is 16.4. The number of carbonyl (C=O) groups is 1. The van der Waals surface area contributed by atoms with Gasteiger partial charge in [-0.05, 0) is 41.3 Å². The molecule has 0 atom stereocenters. The lowest BCUT2D eigenvalue weighted by Gasteiger charge is -2.06. The summed E-state index contributed by atoms with van der Waals surface area (Å²) >= 11 is 1.68. The van der Waals surface area contributed by atoms with E-state index in [2.05, 4.69) is 28.5 Å². The molecule has 0 aliphatic heterocycles. The molecule has 0 unspecified atom stereocenters. The van der Waals surface area contributed by atoms with Crippen molar-refractivity contribution < 1.29 is 9.18 Å². The highest BCUT2D eigenvalue weighted by Crippen LogP contribution is 2.33. The SMILES string of the molecule is O=C(NCc1ccc(F)cc1)c1cncc(-c2cc3ccccc3s2)c1. The lowest BCUT2D eigenvalue weighted by molar-refractivity contribution is 0.0950. The summed E-state index contributed by atoms with van der Waals surface area (Å²) in [6.45, 7) is 0.340. The van der Waals surface area contributed by atoms with Gasteiger partial charge in [-0.15, -0.1) is 11.3 Å². The number of hydrogen-bond acceptors (Lipinski definition) is 3. The van der Waals surface area contributed by atoms with E-state index < -0.39 is 0 Å². The van der Waals surface area contributed by atoms with Gasteiger partial charge in [0.25, 0.3) is 5.91 Å². The summed E-state index contributed by atoms with van der Waals surface area (Å²) in [5.74, 6) is -0.495. The highest BCUT2D eigenvalue weighted by atomic mass is 32.1. The highest BCUT2D eigenvalue weighted by molar-refractivity contribution is 7.22. The van der Waals surface area contributed by atoms with Crippen molar-refractivity contribution in [3.05, 3.63) is 90.0 Å². The molecular formula is C21H15FN2OS. The van der Waals surface area contributed by atoms with Crippen molar-refractivity contribution in [3.63, 3.8) is 0 Å². The topological polar surface area (TPSA) is 42.0 Å². The summed E-state index contributed by atoms with van der Waals surface area (Å²) in [6, 6.07) is 18.2. The zero-order valence-electron chi connectivity index (χ0n) is 13.8. The third-order valence-electron chi connectivity index (χ3n) is 4.08. The van der Waals surface area contributed by atoms with Gasteiger partial charge in [-0.2, -0.15) is 0 Å². The fourth-order valence-corrected chi connectivity index (χ4v) is 3.75. The number of nitrogens with zero attached hydrogens (tertiary/aromatic N) is 1. The van der Waals surface area contributed by atoms with Gasteiger partial charge >= 0.3 is 0 Å². The fourth-order valence-electron chi connectivity index (χ4n) is 2.71. The number of carbonyl (C=O) groups excluding carboxylic acids is 1. The quantitative estimate of drug-likeness (QED) is 0.553. The van der Waals surface area contributed by atoms with Crippen molar-refractivity contribution in [2.75, 3.05) is 0 Å². The molecule has 0 saturated heterocycles. The van der Waals surface area contributed by atoms with Crippen molar-refractivity contribution in [2.45, 2.75) is 6.54 Å². The summed E-state index contributed by atoms with van der Waals surface area (Å²) in [5.41, 5.74) is 2.26. The van der Waals surface area contributed by atoms with Crippen molar-refractivity contribution in [3.8, 4) is 10.4 Å². The van der Waals surface area contributed by atoms with Crippen LogP contribution in [-0.4, -0.2) is 10.9 Å². The maximum Gasteiger partial charge on any atom is 0.253 e. The van der Waals surface area contributed by atoms with Crippen LogP contribution in [0.5, 0.6) is 0 Å². The summed E-state index contributed by atoms with van der Waals surface area (Å²) in [5, 5.41) is 4.02. The number of amides is 1. The summed E-state index contributed by atoms with van der Waals surface area (Å²) < 4.78 is 14.1. The molecule has 2 aromatic heterocycles. The van der Waals surface area contributed by atoms with Crippen LogP contribution in [-0.2, 0) is 6.54 Å². The molecule has 26 heavy (non-hydrogen) atoms. The van der Waals surface area contributed by atoms with E-state index in [0.29, 0.717) is 12.1 Å². The lowest BCUT2D eigenvalue weighted by atomic mass is 10.1. The fraction of sp³-hybridized carbons (Fsp3) is 0.0476. The van der Waals surface area contributed by atoms with Gasteiger partial charge in [-0.25, -0.2) is 4.39 Å². The van der Waals surface area contributed by atoms with Crippen molar-refractivity contribution in [2.24, 2.45) is 0 Å². The minimum absolute atomic E-state index is 0.204. The zero-order chi connectivity index (χ0) is 17.9. The van der Waals surface area contributed by atoms with E-state index in [0.717, 1.165) is 16.0 Å². The average Bonchev–Trinajstić information content (AvgIpc) is 3.12. The molecule has 0 radical (unpaired) electrons. The summed E-state index contributed by atoms with van der Waals surface area (Å²) in [6.07, 6.45) is 3.32. The molecule has 0 spiro atoms. The Labute approximate surface area is 154 Å². The minimum atomic E-state index is -0.291. The smallest absolute Gasteiger partial charge is 0.253 e. The number of pyridine rings is 1. The number of fused-ring (bicyclic) bond motifs is 1. The first-order valence-electron chi connectivity index (χ1n) is 8.16. The van der Waals surface area contributed by atoms with Crippen molar-refractivity contribution in [1.29, 1.82) is 0 Å². The first-order chi connectivity index (χ1) is 12.7. The van der Waals surface area contributed by atoms with Gasteiger partial charge in [0.15, 0.2) is 0 Å². The number of hydrogen-bond donors (Lipinski definition) is 1. The van der Waals surface area contributed by atoms with Crippen molar-refractivity contribution >= 4 is 27.3 Å². The van der Waals surface area contributed by atoms with Gasteiger partial charge in [0, 0.05) is 34.1 Å². The van der Waals surface area contributed by atoms with E-state index in [-0.39, 0.29) is 11.7 Å². The summed E-state index contributed by atoms with van der Waals surface area (Å²) in [7, 11) is 0. The van der Waals surface area contributed by atoms with Gasteiger partial charge < -0.3 is 5.32 Å². The third-order valence-corrected chi connectivity index (χ3v) is 5.24. The van der Waals surface area contributed by atoms with Crippen LogP contribution in [0.3, 0.4) is 0 Å². The Bertz CT molecular complexity index is 1040. The molecule has 0 saturated carbocycles. The predicted octanol–water partition coefficient (Wildman–Crippen LogP) is 5.03. The molecule has 0 fully saturated rings. The molecule has 0 bridgehead atoms. The van der Waals surface area contributed by atoms with Crippen LogP contribution >= 0.6 is 11.3 Å². The van der Waals surface area contributed by atoms with Crippen molar-refractivity contribution in [1.82, 2.24) is 10.3 Å². The Hall–Kier alpha value is -3.05. The van der Waals surface area contributed by atoms with Crippen LogP contribution < -0.4 is 5.32 Å². The number of aromatic nitrogens is 1. The van der Waals surface area contributed by atoms with Crippen LogP contribution in [0.1, 0.15) is 15.9 Å².